The lowest BCUT2D eigenvalue weighted by Gasteiger charge is -2.18. The fourth-order valence-electron chi connectivity index (χ4n) is 1.60. The molecular formula is C13H17F2NO2. The van der Waals surface area contributed by atoms with Crippen molar-refractivity contribution in [1.82, 2.24) is 5.32 Å². The van der Waals surface area contributed by atoms with Crippen LogP contribution < -0.4 is 5.32 Å². The van der Waals surface area contributed by atoms with E-state index in [0.717, 1.165) is 6.42 Å². The van der Waals surface area contributed by atoms with Gasteiger partial charge in [0.25, 0.3) is 6.43 Å². The average Bonchev–Trinajstić information content (AvgIpc) is 2.38. The average molecular weight is 257 g/mol. The third-order valence-electron chi connectivity index (χ3n) is 2.56. The molecule has 1 aromatic rings. The zero-order chi connectivity index (χ0) is 13.5. The van der Waals surface area contributed by atoms with Gasteiger partial charge in [0, 0.05) is 0 Å². The van der Waals surface area contributed by atoms with Crippen molar-refractivity contribution in [3.63, 3.8) is 0 Å². The monoisotopic (exact) mass is 257 g/mol. The second-order valence-electron chi connectivity index (χ2n) is 3.88. The van der Waals surface area contributed by atoms with Crippen LogP contribution in [0, 0.1) is 0 Å². The molecule has 0 fully saturated rings. The van der Waals surface area contributed by atoms with Crippen molar-refractivity contribution in [2.45, 2.75) is 25.8 Å². The molecule has 1 N–H and O–H groups in total. The SMILES string of the molecule is CCCNC(c1ccc(C(=O)OC)cc1)C(F)F. The number of nitrogens with one attached hydrogen (secondary N) is 1. The van der Waals surface area contributed by atoms with Crippen LogP contribution in [0.25, 0.3) is 0 Å². The van der Waals surface area contributed by atoms with Gasteiger partial charge in [0.1, 0.15) is 0 Å². The van der Waals surface area contributed by atoms with Gasteiger partial charge >= 0.3 is 5.97 Å². The molecule has 0 amide bonds. The first-order valence-electron chi connectivity index (χ1n) is 5.80. The van der Waals surface area contributed by atoms with Gasteiger partial charge in [-0.15, -0.1) is 0 Å². The predicted molar refractivity (Wildman–Crippen MR) is 64.8 cm³/mol. The Labute approximate surface area is 105 Å². The summed E-state index contributed by atoms with van der Waals surface area (Å²) in [6.07, 6.45) is -1.70. The Morgan fingerprint density at radius 2 is 1.94 bits per heavy atom. The first-order valence-corrected chi connectivity index (χ1v) is 5.80. The topological polar surface area (TPSA) is 38.3 Å². The molecule has 0 heterocycles. The van der Waals surface area contributed by atoms with Crippen LogP contribution in [0.4, 0.5) is 8.78 Å². The minimum absolute atomic E-state index is 0.352. The normalized spacial score (nSPS) is 12.5. The summed E-state index contributed by atoms with van der Waals surface area (Å²) in [6.45, 7) is 2.43. The zero-order valence-corrected chi connectivity index (χ0v) is 10.5. The highest BCUT2D eigenvalue weighted by Gasteiger charge is 2.21. The van der Waals surface area contributed by atoms with Crippen molar-refractivity contribution in [3.05, 3.63) is 35.4 Å². The van der Waals surface area contributed by atoms with E-state index in [2.05, 4.69) is 10.1 Å². The van der Waals surface area contributed by atoms with Crippen LogP contribution in [-0.2, 0) is 4.74 Å². The molecule has 0 aliphatic rings. The molecule has 0 aliphatic heterocycles. The summed E-state index contributed by atoms with van der Waals surface area (Å²) in [7, 11) is 1.28. The van der Waals surface area contributed by atoms with E-state index in [0.29, 0.717) is 17.7 Å². The van der Waals surface area contributed by atoms with E-state index < -0.39 is 18.4 Å². The van der Waals surface area contributed by atoms with Gasteiger partial charge in [-0.05, 0) is 30.7 Å². The lowest BCUT2D eigenvalue weighted by Crippen LogP contribution is -2.28. The van der Waals surface area contributed by atoms with Crippen molar-refractivity contribution in [2.75, 3.05) is 13.7 Å². The highest BCUT2D eigenvalue weighted by atomic mass is 19.3. The summed E-state index contributed by atoms with van der Waals surface area (Å²) in [5.74, 6) is -0.475. The van der Waals surface area contributed by atoms with Gasteiger partial charge in [0.05, 0.1) is 18.7 Å². The number of carbonyl (C=O) groups excluding carboxylic acids is 1. The van der Waals surface area contributed by atoms with E-state index >= 15 is 0 Å². The minimum Gasteiger partial charge on any atom is -0.465 e. The van der Waals surface area contributed by atoms with Crippen molar-refractivity contribution in [2.24, 2.45) is 0 Å². The number of carbonyl (C=O) groups is 1. The van der Waals surface area contributed by atoms with Crippen molar-refractivity contribution < 1.29 is 18.3 Å². The number of rotatable bonds is 6. The summed E-state index contributed by atoms with van der Waals surface area (Å²) >= 11 is 0. The van der Waals surface area contributed by atoms with Crippen LogP contribution in [0.1, 0.15) is 35.3 Å². The molecule has 3 nitrogen and oxygen atoms in total. The summed E-state index contributed by atoms with van der Waals surface area (Å²) in [5.41, 5.74) is 0.816. The van der Waals surface area contributed by atoms with Crippen molar-refractivity contribution in [3.8, 4) is 0 Å². The number of halogens is 2. The highest BCUT2D eigenvalue weighted by Crippen LogP contribution is 2.21. The molecule has 0 aromatic heterocycles. The fraction of sp³-hybridized carbons (Fsp3) is 0.462. The Hall–Kier alpha value is -1.49. The molecular weight excluding hydrogens is 240 g/mol. The Morgan fingerprint density at radius 3 is 2.39 bits per heavy atom. The van der Waals surface area contributed by atoms with E-state index in [9.17, 15) is 13.6 Å². The largest absolute Gasteiger partial charge is 0.465 e. The van der Waals surface area contributed by atoms with Gasteiger partial charge in [0.2, 0.25) is 0 Å². The number of benzene rings is 1. The highest BCUT2D eigenvalue weighted by molar-refractivity contribution is 5.89. The van der Waals surface area contributed by atoms with Crippen LogP contribution in [0.3, 0.4) is 0 Å². The summed E-state index contributed by atoms with van der Waals surface area (Å²) < 4.78 is 30.3. The van der Waals surface area contributed by atoms with Crippen LogP contribution in [0.2, 0.25) is 0 Å². The Morgan fingerprint density at radius 1 is 1.33 bits per heavy atom. The molecule has 5 heteroatoms. The number of hydrogen-bond acceptors (Lipinski definition) is 3. The van der Waals surface area contributed by atoms with Crippen LogP contribution >= 0.6 is 0 Å². The molecule has 1 aromatic carbocycles. The maximum absolute atomic E-state index is 12.9. The molecule has 1 unspecified atom stereocenters. The molecule has 0 saturated heterocycles. The lowest BCUT2D eigenvalue weighted by atomic mass is 10.0. The number of esters is 1. The summed E-state index contributed by atoms with van der Waals surface area (Å²) in [4.78, 5) is 11.2. The lowest BCUT2D eigenvalue weighted by molar-refractivity contribution is 0.0600. The van der Waals surface area contributed by atoms with E-state index in [1.165, 1.54) is 31.4 Å². The maximum atomic E-state index is 12.9. The second-order valence-corrected chi connectivity index (χ2v) is 3.88. The Bertz CT molecular complexity index is 379. The van der Waals surface area contributed by atoms with E-state index in [1.54, 1.807) is 0 Å². The summed E-state index contributed by atoms with van der Waals surface area (Å²) in [5, 5.41) is 2.78. The molecule has 0 spiro atoms. The van der Waals surface area contributed by atoms with Crippen molar-refractivity contribution in [1.29, 1.82) is 0 Å². The second kappa shape index (κ2) is 7.06. The predicted octanol–water partition coefficient (Wildman–Crippen LogP) is 2.78. The van der Waals surface area contributed by atoms with Crippen LogP contribution in [-0.4, -0.2) is 26.0 Å². The molecule has 0 saturated carbocycles. The van der Waals surface area contributed by atoms with Gasteiger partial charge < -0.3 is 10.1 Å². The molecule has 18 heavy (non-hydrogen) atoms. The number of alkyl halides is 2. The molecule has 1 rings (SSSR count). The fourth-order valence-corrected chi connectivity index (χ4v) is 1.60. The third kappa shape index (κ3) is 3.77. The quantitative estimate of drug-likeness (QED) is 0.796. The zero-order valence-electron chi connectivity index (χ0n) is 10.5. The van der Waals surface area contributed by atoms with E-state index in [4.69, 9.17) is 0 Å². The molecule has 0 bridgehead atoms. The standard InChI is InChI=1S/C13H17F2NO2/c1-3-8-16-11(12(14)15)9-4-6-10(7-5-9)13(17)18-2/h4-7,11-12,16H,3,8H2,1-2H3. The summed E-state index contributed by atoms with van der Waals surface area (Å²) in [6, 6.07) is 5.02. The Balaban J connectivity index is 2.83. The van der Waals surface area contributed by atoms with E-state index in [1.807, 2.05) is 6.92 Å². The minimum atomic E-state index is -2.49. The molecule has 0 aliphatic carbocycles. The number of ether oxygens (including phenoxy) is 1. The number of hydrogen-bond donors (Lipinski definition) is 1. The van der Waals surface area contributed by atoms with Crippen molar-refractivity contribution >= 4 is 5.97 Å². The van der Waals surface area contributed by atoms with Crippen LogP contribution in [0.5, 0.6) is 0 Å². The number of methoxy groups -OCH3 is 1. The Kier molecular flexibility index (Phi) is 5.71. The smallest absolute Gasteiger partial charge is 0.337 e. The van der Waals surface area contributed by atoms with Gasteiger partial charge in [-0.25, -0.2) is 13.6 Å². The molecule has 0 radical (unpaired) electrons. The van der Waals surface area contributed by atoms with Gasteiger partial charge in [0.15, 0.2) is 0 Å². The molecule has 1 atom stereocenters. The van der Waals surface area contributed by atoms with Gasteiger partial charge in [-0.3, -0.25) is 0 Å². The van der Waals surface area contributed by atoms with Gasteiger partial charge in [-0.1, -0.05) is 19.1 Å². The first-order chi connectivity index (χ1) is 8.60. The maximum Gasteiger partial charge on any atom is 0.337 e. The van der Waals surface area contributed by atoms with Gasteiger partial charge in [-0.2, -0.15) is 0 Å². The van der Waals surface area contributed by atoms with Crippen LogP contribution in [0.15, 0.2) is 24.3 Å². The molecule has 100 valence electrons. The van der Waals surface area contributed by atoms with E-state index in [-0.39, 0.29) is 0 Å². The third-order valence-corrected chi connectivity index (χ3v) is 2.56. The first kappa shape index (κ1) is 14.6.